The molecule has 0 fully saturated rings. The van der Waals surface area contributed by atoms with Gasteiger partial charge in [-0.2, -0.15) is 0 Å². The minimum Gasteiger partial charge on any atom is -0.472 e. The van der Waals surface area contributed by atoms with Gasteiger partial charge in [0.15, 0.2) is 0 Å². The van der Waals surface area contributed by atoms with Crippen LogP contribution in [0.4, 0.5) is 10.5 Å². The summed E-state index contributed by atoms with van der Waals surface area (Å²) in [6.45, 7) is 0.408. The third-order valence-corrected chi connectivity index (χ3v) is 3.03. The molecule has 116 valence electrons. The van der Waals surface area contributed by atoms with Gasteiger partial charge in [-0.1, -0.05) is 0 Å². The molecule has 0 aliphatic rings. The fourth-order valence-corrected chi connectivity index (χ4v) is 1.90. The average molecular weight is 309 g/mol. The highest BCUT2D eigenvalue weighted by Crippen LogP contribution is 2.22. The number of aromatic nitrogens is 1. The number of pyridine rings is 1. The summed E-state index contributed by atoms with van der Waals surface area (Å²) >= 11 is 0. The van der Waals surface area contributed by atoms with Gasteiger partial charge < -0.3 is 19.8 Å². The van der Waals surface area contributed by atoms with E-state index in [1.807, 2.05) is 0 Å². The van der Waals surface area contributed by atoms with E-state index in [0.717, 1.165) is 5.56 Å². The van der Waals surface area contributed by atoms with Crippen LogP contribution in [0, 0.1) is 0 Å². The second-order valence-electron chi connectivity index (χ2n) is 4.75. The van der Waals surface area contributed by atoms with Gasteiger partial charge in [-0.3, -0.25) is 4.98 Å². The van der Waals surface area contributed by atoms with Crippen molar-refractivity contribution in [2.45, 2.75) is 6.54 Å². The van der Waals surface area contributed by atoms with Crippen LogP contribution in [0.15, 0.2) is 71.8 Å². The second kappa shape index (κ2) is 7.13. The number of carbonyl (C=O) groups is 1. The first-order valence-corrected chi connectivity index (χ1v) is 7.03. The number of amides is 2. The Labute approximate surface area is 133 Å². The maximum atomic E-state index is 11.8. The largest absolute Gasteiger partial charge is 0.472 e. The maximum Gasteiger partial charge on any atom is 0.319 e. The van der Waals surface area contributed by atoms with Gasteiger partial charge in [-0.15, -0.1) is 0 Å². The first kappa shape index (κ1) is 14.6. The van der Waals surface area contributed by atoms with Crippen molar-refractivity contribution in [3.63, 3.8) is 0 Å². The molecule has 0 spiro atoms. The van der Waals surface area contributed by atoms with Gasteiger partial charge in [0.2, 0.25) is 0 Å². The number of nitrogens with zero attached hydrogens (tertiary/aromatic N) is 1. The molecule has 0 bridgehead atoms. The van der Waals surface area contributed by atoms with Crippen molar-refractivity contribution in [3.05, 3.63) is 72.9 Å². The Balaban J connectivity index is 1.51. The van der Waals surface area contributed by atoms with Crippen LogP contribution in [0.5, 0.6) is 11.5 Å². The van der Waals surface area contributed by atoms with Crippen LogP contribution < -0.4 is 15.4 Å². The van der Waals surface area contributed by atoms with E-state index in [0.29, 0.717) is 23.7 Å². The lowest BCUT2D eigenvalue weighted by Gasteiger charge is -2.08. The van der Waals surface area contributed by atoms with Gasteiger partial charge in [-0.25, -0.2) is 4.79 Å². The van der Waals surface area contributed by atoms with Crippen LogP contribution in [-0.2, 0) is 6.54 Å². The van der Waals surface area contributed by atoms with E-state index in [9.17, 15) is 4.79 Å². The van der Waals surface area contributed by atoms with Crippen molar-refractivity contribution in [2.75, 3.05) is 5.32 Å². The summed E-state index contributed by atoms with van der Waals surface area (Å²) in [4.78, 5) is 15.7. The van der Waals surface area contributed by atoms with Crippen molar-refractivity contribution in [2.24, 2.45) is 0 Å². The standard InChI is InChI=1S/C17H15N3O3/c21-17(19-11-13-7-10-22-12-13)20-14-1-3-15(4-2-14)23-16-5-8-18-9-6-16/h1-10,12H,11H2,(H2,19,20,21). The predicted octanol–water partition coefficient (Wildman–Crippen LogP) is 3.79. The van der Waals surface area contributed by atoms with E-state index in [1.165, 1.54) is 0 Å². The number of rotatable bonds is 5. The summed E-state index contributed by atoms with van der Waals surface area (Å²) in [6, 6.07) is 12.2. The molecule has 0 aliphatic heterocycles. The van der Waals surface area contributed by atoms with Gasteiger partial charge in [0.25, 0.3) is 0 Å². The fraction of sp³-hybridized carbons (Fsp3) is 0.0588. The molecular formula is C17H15N3O3. The number of nitrogens with one attached hydrogen (secondary N) is 2. The van der Waals surface area contributed by atoms with Crippen LogP contribution in [0.1, 0.15) is 5.56 Å². The number of ether oxygens (including phenoxy) is 1. The summed E-state index contributed by atoms with van der Waals surface area (Å²) in [5.74, 6) is 1.39. The van der Waals surface area contributed by atoms with Crippen LogP contribution in [0.25, 0.3) is 0 Å². The van der Waals surface area contributed by atoms with Crippen LogP contribution in [0.2, 0.25) is 0 Å². The molecule has 0 atom stereocenters. The Kier molecular flexibility index (Phi) is 4.54. The summed E-state index contributed by atoms with van der Waals surface area (Å²) in [5.41, 5.74) is 1.58. The first-order valence-electron chi connectivity index (χ1n) is 7.03. The Bertz CT molecular complexity index is 741. The van der Waals surface area contributed by atoms with Gasteiger partial charge in [0.05, 0.1) is 12.5 Å². The molecule has 0 unspecified atom stereocenters. The highest BCUT2D eigenvalue weighted by atomic mass is 16.5. The number of urea groups is 1. The van der Waals surface area contributed by atoms with E-state index >= 15 is 0 Å². The number of anilines is 1. The quantitative estimate of drug-likeness (QED) is 0.752. The Morgan fingerprint density at radius 2 is 1.78 bits per heavy atom. The van der Waals surface area contributed by atoms with E-state index < -0.39 is 0 Å². The lowest BCUT2D eigenvalue weighted by molar-refractivity contribution is 0.251. The third kappa shape index (κ3) is 4.34. The van der Waals surface area contributed by atoms with Crippen molar-refractivity contribution < 1.29 is 13.9 Å². The molecular weight excluding hydrogens is 294 g/mol. The van der Waals surface area contributed by atoms with Crippen LogP contribution in [0.3, 0.4) is 0 Å². The minimum atomic E-state index is -0.283. The molecule has 6 heteroatoms. The van der Waals surface area contributed by atoms with E-state index in [2.05, 4.69) is 15.6 Å². The zero-order chi connectivity index (χ0) is 15.9. The zero-order valence-electron chi connectivity index (χ0n) is 12.2. The van der Waals surface area contributed by atoms with Crippen molar-refractivity contribution >= 4 is 11.7 Å². The topological polar surface area (TPSA) is 76.4 Å². The molecule has 2 N–H and O–H groups in total. The molecule has 2 amide bonds. The van der Waals surface area contributed by atoms with Crippen LogP contribution in [-0.4, -0.2) is 11.0 Å². The molecule has 3 aromatic rings. The monoisotopic (exact) mass is 309 g/mol. The van der Waals surface area contributed by atoms with Gasteiger partial charge in [0, 0.05) is 30.2 Å². The van der Waals surface area contributed by atoms with Crippen LogP contribution >= 0.6 is 0 Å². The predicted molar refractivity (Wildman–Crippen MR) is 85.3 cm³/mol. The normalized spacial score (nSPS) is 10.1. The molecule has 2 aromatic heterocycles. The Morgan fingerprint density at radius 1 is 1.04 bits per heavy atom. The number of hydrogen-bond acceptors (Lipinski definition) is 4. The number of benzene rings is 1. The van der Waals surface area contributed by atoms with Crippen molar-refractivity contribution in [1.82, 2.24) is 10.3 Å². The number of furan rings is 1. The lowest BCUT2D eigenvalue weighted by Crippen LogP contribution is -2.27. The number of carbonyl (C=O) groups excluding carboxylic acids is 1. The molecule has 6 nitrogen and oxygen atoms in total. The Hall–Kier alpha value is -3.28. The smallest absolute Gasteiger partial charge is 0.319 e. The first-order chi connectivity index (χ1) is 11.3. The highest BCUT2D eigenvalue weighted by Gasteiger charge is 2.03. The average Bonchev–Trinajstić information content (AvgIpc) is 3.09. The molecule has 1 aromatic carbocycles. The van der Waals surface area contributed by atoms with Gasteiger partial charge in [0.1, 0.15) is 11.5 Å². The molecule has 3 rings (SSSR count). The Morgan fingerprint density at radius 3 is 2.48 bits per heavy atom. The third-order valence-electron chi connectivity index (χ3n) is 3.03. The molecule has 0 radical (unpaired) electrons. The SMILES string of the molecule is O=C(NCc1ccoc1)Nc1ccc(Oc2ccncc2)cc1. The minimum absolute atomic E-state index is 0.283. The van der Waals surface area contributed by atoms with E-state index in [-0.39, 0.29) is 6.03 Å². The van der Waals surface area contributed by atoms with Crippen molar-refractivity contribution in [1.29, 1.82) is 0 Å². The molecule has 0 aliphatic carbocycles. The molecule has 0 saturated carbocycles. The number of hydrogen-bond donors (Lipinski definition) is 2. The van der Waals surface area contributed by atoms with Gasteiger partial charge in [-0.05, 0) is 42.5 Å². The fourth-order valence-electron chi connectivity index (χ4n) is 1.90. The summed E-state index contributed by atoms with van der Waals surface area (Å²) in [6.07, 6.45) is 6.48. The maximum absolute atomic E-state index is 11.8. The van der Waals surface area contributed by atoms with E-state index in [1.54, 1.807) is 67.4 Å². The van der Waals surface area contributed by atoms with Crippen molar-refractivity contribution in [3.8, 4) is 11.5 Å². The van der Waals surface area contributed by atoms with Gasteiger partial charge >= 0.3 is 6.03 Å². The molecule has 2 heterocycles. The van der Waals surface area contributed by atoms with E-state index in [4.69, 9.17) is 9.15 Å². The zero-order valence-corrected chi connectivity index (χ0v) is 12.2. The summed E-state index contributed by atoms with van der Waals surface area (Å²) in [5, 5.41) is 5.49. The highest BCUT2D eigenvalue weighted by molar-refractivity contribution is 5.89. The summed E-state index contributed by atoms with van der Waals surface area (Å²) in [7, 11) is 0. The summed E-state index contributed by atoms with van der Waals surface area (Å²) < 4.78 is 10.6. The molecule has 0 saturated heterocycles. The lowest BCUT2D eigenvalue weighted by atomic mass is 10.3. The molecule has 23 heavy (non-hydrogen) atoms. The second-order valence-corrected chi connectivity index (χ2v) is 4.75.